The highest BCUT2D eigenvalue weighted by atomic mass is 16.4. The number of rotatable bonds is 6. The molecule has 4 heterocycles. The molecule has 0 bridgehead atoms. The Morgan fingerprint density at radius 1 is 1.07 bits per heavy atom. The summed E-state index contributed by atoms with van der Waals surface area (Å²) in [5.41, 5.74) is 2.44. The molecule has 224 valence electrons. The Bertz CT molecular complexity index is 1540. The zero-order chi connectivity index (χ0) is 30.7. The molecule has 4 atom stereocenters. The molecule has 6 rings (SSSR count). The fourth-order valence-electron chi connectivity index (χ4n) is 5.69. The summed E-state index contributed by atoms with van der Waals surface area (Å²) in [7, 11) is 0. The van der Waals surface area contributed by atoms with E-state index in [1.54, 1.807) is 31.7 Å². The monoisotopic (exact) mass is 587 g/mol. The average molecular weight is 588 g/mol. The van der Waals surface area contributed by atoms with Crippen molar-refractivity contribution in [2.45, 2.75) is 58.2 Å². The number of aliphatic carboxylic acids is 1. The molecule has 1 unspecified atom stereocenters. The molecule has 0 radical (unpaired) electrons. The van der Waals surface area contributed by atoms with Gasteiger partial charge in [-0.3, -0.25) is 18.7 Å². The lowest BCUT2D eigenvalue weighted by Crippen LogP contribution is -2.68. The van der Waals surface area contributed by atoms with Gasteiger partial charge in [-0.1, -0.05) is 44.5 Å². The predicted molar refractivity (Wildman–Crippen MR) is 152 cm³/mol. The first kappa shape index (κ1) is 29.4. The summed E-state index contributed by atoms with van der Waals surface area (Å²) in [6.45, 7) is 5.37. The average Bonchev–Trinajstić information content (AvgIpc) is 3.82. The van der Waals surface area contributed by atoms with Crippen LogP contribution in [-0.4, -0.2) is 70.0 Å². The van der Waals surface area contributed by atoms with Gasteiger partial charge in [-0.15, -0.1) is 0 Å². The van der Waals surface area contributed by atoms with E-state index in [0.717, 1.165) is 11.1 Å². The van der Waals surface area contributed by atoms with Crippen LogP contribution in [0.4, 0.5) is 4.79 Å². The summed E-state index contributed by atoms with van der Waals surface area (Å²) in [5, 5.41) is 13.0. The third-order valence-electron chi connectivity index (χ3n) is 8.00. The van der Waals surface area contributed by atoms with Gasteiger partial charge >= 0.3 is 12.0 Å². The van der Waals surface area contributed by atoms with Crippen LogP contribution in [0.1, 0.15) is 49.0 Å². The van der Waals surface area contributed by atoms with Gasteiger partial charge in [0, 0.05) is 31.7 Å². The molecule has 13 nitrogen and oxygen atoms in total. The molecule has 1 aliphatic carbocycles. The minimum atomic E-state index is -1.39. The number of hydrogen-bond acceptors (Lipinski definition) is 8. The molecule has 0 saturated carbocycles. The van der Waals surface area contributed by atoms with E-state index < -0.39 is 24.1 Å². The summed E-state index contributed by atoms with van der Waals surface area (Å²) in [4.78, 5) is 63.6. The maximum Gasteiger partial charge on any atom is 0.338 e. The van der Waals surface area contributed by atoms with E-state index in [1.165, 1.54) is 33.0 Å². The number of imidazole rings is 2. The normalized spacial score (nSPS) is 19.7. The zero-order valence-electron chi connectivity index (χ0n) is 24.0. The number of carbonyl (C=O) groups is 4. The van der Waals surface area contributed by atoms with Crippen molar-refractivity contribution in [3.8, 4) is 0 Å². The topological polar surface area (TPSA) is 165 Å². The van der Waals surface area contributed by atoms with Crippen LogP contribution in [0.15, 0.2) is 72.4 Å². The van der Waals surface area contributed by atoms with Gasteiger partial charge in [-0.05, 0) is 35.8 Å². The smallest absolute Gasteiger partial charge is 0.338 e. The SMILES string of the molecule is CC[C@H](C)[C@@H]1C(=O)N[C@H](C2Cc3ccccc3C2)C(=O)N1C(C(=O)O)c1coc(C)n1.O=C(n1ccnc1)n1ccnc1. The molecule has 0 spiro atoms. The van der Waals surface area contributed by atoms with Gasteiger partial charge < -0.3 is 19.7 Å². The van der Waals surface area contributed by atoms with Crippen LogP contribution in [-0.2, 0) is 27.2 Å². The van der Waals surface area contributed by atoms with Crippen LogP contribution in [0.25, 0.3) is 0 Å². The molecule has 3 aromatic heterocycles. The Morgan fingerprint density at radius 2 is 1.67 bits per heavy atom. The number of fused-ring (bicyclic) bond motifs is 1. The fourth-order valence-corrected chi connectivity index (χ4v) is 5.69. The van der Waals surface area contributed by atoms with E-state index in [2.05, 4.69) is 20.3 Å². The van der Waals surface area contributed by atoms with Crippen molar-refractivity contribution in [3.63, 3.8) is 0 Å². The van der Waals surface area contributed by atoms with Crippen molar-refractivity contribution in [3.05, 3.63) is 90.7 Å². The van der Waals surface area contributed by atoms with Gasteiger partial charge in [-0.2, -0.15) is 0 Å². The lowest BCUT2D eigenvalue weighted by atomic mass is 9.86. The van der Waals surface area contributed by atoms with Crippen molar-refractivity contribution in [2.24, 2.45) is 11.8 Å². The molecular formula is C30H33N7O6. The minimum absolute atomic E-state index is 0.120. The molecule has 43 heavy (non-hydrogen) atoms. The van der Waals surface area contributed by atoms with Crippen LogP contribution >= 0.6 is 0 Å². The quantitative estimate of drug-likeness (QED) is 0.345. The number of oxazole rings is 1. The highest BCUT2D eigenvalue weighted by Crippen LogP contribution is 2.35. The van der Waals surface area contributed by atoms with E-state index in [4.69, 9.17) is 4.42 Å². The van der Waals surface area contributed by atoms with Crippen molar-refractivity contribution < 1.29 is 28.7 Å². The second kappa shape index (κ2) is 12.4. The molecule has 4 aromatic rings. The third-order valence-corrected chi connectivity index (χ3v) is 8.00. The molecular weight excluding hydrogens is 554 g/mol. The predicted octanol–water partition coefficient (Wildman–Crippen LogP) is 2.86. The van der Waals surface area contributed by atoms with Gasteiger partial charge in [0.25, 0.3) is 0 Å². The number of nitrogens with one attached hydrogen (secondary N) is 1. The lowest BCUT2D eigenvalue weighted by Gasteiger charge is -2.44. The van der Waals surface area contributed by atoms with E-state index in [0.29, 0.717) is 25.2 Å². The zero-order valence-corrected chi connectivity index (χ0v) is 24.0. The fraction of sp³-hybridized carbons (Fsp3) is 0.367. The summed E-state index contributed by atoms with van der Waals surface area (Å²) in [6, 6.07) is 4.73. The van der Waals surface area contributed by atoms with Gasteiger partial charge in [0.15, 0.2) is 11.9 Å². The van der Waals surface area contributed by atoms with Crippen LogP contribution in [0.3, 0.4) is 0 Å². The number of piperazine rings is 1. The maximum atomic E-state index is 13.8. The van der Waals surface area contributed by atoms with Crippen molar-refractivity contribution in [1.29, 1.82) is 0 Å². The molecule has 2 N–H and O–H groups in total. The molecule has 1 saturated heterocycles. The number of carboxylic acids is 1. The Hall–Kier alpha value is -5.07. The van der Waals surface area contributed by atoms with E-state index in [1.807, 2.05) is 38.1 Å². The summed E-state index contributed by atoms with van der Waals surface area (Å²) in [6.07, 6.45) is 12.4. The Morgan fingerprint density at radius 3 is 2.14 bits per heavy atom. The highest BCUT2D eigenvalue weighted by Gasteiger charge is 2.51. The minimum Gasteiger partial charge on any atom is -0.479 e. The second-order valence-electron chi connectivity index (χ2n) is 10.8. The first-order valence-electron chi connectivity index (χ1n) is 14.0. The van der Waals surface area contributed by atoms with Crippen LogP contribution < -0.4 is 5.32 Å². The first-order chi connectivity index (χ1) is 20.7. The number of hydrogen-bond donors (Lipinski definition) is 2. The van der Waals surface area contributed by atoms with Crippen molar-refractivity contribution >= 4 is 23.8 Å². The number of aryl methyl sites for hydroxylation is 1. The van der Waals surface area contributed by atoms with E-state index in [9.17, 15) is 24.3 Å². The molecule has 2 aliphatic rings. The molecule has 1 fully saturated rings. The van der Waals surface area contributed by atoms with Gasteiger partial charge in [0.2, 0.25) is 11.8 Å². The molecule has 1 aliphatic heterocycles. The summed E-state index contributed by atoms with van der Waals surface area (Å²) >= 11 is 0. The number of carboxylic acid groups (broad SMARTS) is 1. The second-order valence-corrected chi connectivity index (χ2v) is 10.8. The maximum absolute atomic E-state index is 13.8. The number of benzene rings is 1. The Kier molecular flexibility index (Phi) is 8.51. The number of carbonyl (C=O) groups excluding carboxylic acids is 3. The summed E-state index contributed by atoms with van der Waals surface area (Å²) < 4.78 is 7.98. The largest absolute Gasteiger partial charge is 0.479 e. The standard InChI is InChI=1S/C23H27N3O5.C7H6N4O/c1-4-12(2)19-21(27)25-18(16-9-14-7-5-6-8-15(14)10-16)22(28)26(19)20(23(29)30)17-11-31-13(3)24-17;12-7(10-3-1-8-5-10)11-4-2-9-6-11/h5-8,11-12,16,18-20H,4,9-10H2,1-3H3,(H,25,27)(H,29,30);1-6H/t12-,18+,19+,20?;/m0./s1. The first-order valence-corrected chi connectivity index (χ1v) is 14.0. The van der Waals surface area contributed by atoms with Crippen LogP contribution in [0, 0.1) is 18.8 Å². The van der Waals surface area contributed by atoms with Gasteiger partial charge in [0.1, 0.15) is 36.7 Å². The summed E-state index contributed by atoms with van der Waals surface area (Å²) in [5.74, 6) is -1.98. The van der Waals surface area contributed by atoms with Crippen molar-refractivity contribution in [1.82, 2.24) is 34.3 Å². The third kappa shape index (κ3) is 5.96. The number of amides is 2. The van der Waals surface area contributed by atoms with E-state index >= 15 is 0 Å². The highest BCUT2D eigenvalue weighted by molar-refractivity contribution is 5.99. The van der Waals surface area contributed by atoms with Crippen LogP contribution in [0.5, 0.6) is 0 Å². The lowest BCUT2D eigenvalue weighted by molar-refractivity contribution is -0.164. The molecule has 2 amide bonds. The number of nitrogens with zero attached hydrogens (tertiary/aromatic N) is 6. The Balaban J connectivity index is 0.000000255. The Labute approximate surface area is 247 Å². The molecule has 13 heteroatoms. The molecule has 1 aromatic carbocycles. The van der Waals surface area contributed by atoms with Crippen LogP contribution in [0.2, 0.25) is 0 Å². The number of aromatic nitrogens is 5. The van der Waals surface area contributed by atoms with Crippen molar-refractivity contribution in [2.75, 3.05) is 0 Å². The van der Waals surface area contributed by atoms with Gasteiger partial charge in [-0.25, -0.2) is 24.5 Å². The van der Waals surface area contributed by atoms with Gasteiger partial charge in [0.05, 0.1) is 0 Å². The van der Waals surface area contributed by atoms with E-state index in [-0.39, 0.29) is 35.4 Å².